The van der Waals surface area contributed by atoms with Gasteiger partial charge in [-0.3, -0.25) is 0 Å². The third kappa shape index (κ3) is 4.47. The van der Waals surface area contributed by atoms with Gasteiger partial charge in [0.25, 0.3) is 0 Å². The van der Waals surface area contributed by atoms with Crippen LogP contribution in [-0.2, 0) is 13.9 Å². The molecular formula is C19H36O3Si. The van der Waals surface area contributed by atoms with Crippen LogP contribution in [0, 0.1) is 17.8 Å². The molecule has 1 aliphatic heterocycles. The maximum Gasteiger partial charge on any atom is 0.184 e. The number of ether oxygens (including phenoxy) is 2. The van der Waals surface area contributed by atoms with E-state index in [4.69, 9.17) is 13.9 Å². The fraction of sp³-hybridized carbons (Fsp3) is 0.895. The van der Waals surface area contributed by atoms with Crippen molar-refractivity contribution in [2.45, 2.75) is 77.5 Å². The quantitative estimate of drug-likeness (QED) is 0.521. The Morgan fingerprint density at radius 1 is 1.22 bits per heavy atom. The summed E-state index contributed by atoms with van der Waals surface area (Å²) in [6, 6.07) is 0. The minimum absolute atomic E-state index is 0.348. The van der Waals surface area contributed by atoms with Crippen molar-refractivity contribution < 1.29 is 13.9 Å². The Morgan fingerprint density at radius 3 is 2.30 bits per heavy atom. The largest absolute Gasteiger partial charge is 0.407 e. The predicted molar refractivity (Wildman–Crippen MR) is 98.0 cm³/mol. The average Bonchev–Trinajstić information content (AvgIpc) is 2.41. The van der Waals surface area contributed by atoms with Gasteiger partial charge >= 0.3 is 0 Å². The number of hydrogen-bond acceptors (Lipinski definition) is 3. The number of rotatable bonds is 5. The second kappa shape index (κ2) is 6.99. The summed E-state index contributed by atoms with van der Waals surface area (Å²) >= 11 is 0. The fourth-order valence-corrected chi connectivity index (χ4v) is 5.82. The van der Waals surface area contributed by atoms with Crippen molar-refractivity contribution in [3.8, 4) is 0 Å². The Balaban J connectivity index is 2.16. The van der Waals surface area contributed by atoms with Crippen LogP contribution in [-0.4, -0.2) is 32.9 Å². The summed E-state index contributed by atoms with van der Waals surface area (Å²) in [5.41, 5.74) is -0.348. The lowest BCUT2D eigenvalue weighted by Crippen LogP contribution is -2.61. The predicted octanol–water partition coefficient (Wildman–Crippen LogP) is 4.99. The Kier molecular flexibility index (Phi) is 5.82. The van der Waals surface area contributed by atoms with Gasteiger partial charge in [-0.2, -0.15) is 0 Å². The minimum Gasteiger partial charge on any atom is -0.407 e. The molecule has 2 fully saturated rings. The Labute approximate surface area is 143 Å². The molecule has 1 aliphatic carbocycles. The first-order valence-corrected chi connectivity index (χ1v) is 12.6. The molecule has 0 radical (unpaired) electrons. The first-order valence-electron chi connectivity index (χ1n) is 9.20. The van der Waals surface area contributed by atoms with Crippen molar-refractivity contribution in [2.24, 2.45) is 17.8 Å². The van der Waals surface area contributed by atoms with Gasteiger partial charge in [0.2, 0.25) is 0 Å². The fourth-order valence-electron chi connectivity index (χ4n) is 4.32. The molecule has 0 unspecified atom stereocenters. The van der Waals surface area contributed by atoms with E-state index in [1.807, 2.05) is 6.08 Å². The Hall–Kier alpha value is -0.163. The van der Waals surface area contributed by atoms with E-state index in [1.165, 1.54) is 12.8 Å². The van der Waals surface area contributed by atoms with Crippen LogP contribution in [0.1, 0.15) is 46.5 Å². The summed E-state index contributed by atoms with van der Waals surface area (Å²) in [5, 5.41) is 0. The summed E-state index contributed by atoms with van der Waals surface area (Å²) in [4.78, 5) is 0. The Bertz CT molecular complexity index is 405. The highest BCUT2D eigenvalue weighted by atomic mass is 28.4. The molecule has 0 aromatic heterocycles. The number of hydrogen-bond donors (Lipinski definition) is 0. The van der Waals surface area contributed by atoms with Gasteiger partial charge in [-0.25, -0.2) is 0 Å². The zero-order chi connectivity index (χ0) is 17.3. The molecule has 3 nitrogen and oxygen atoms in total. The first kappa shape index (κ1) is 19.2. The summed E-state index contributed by atoms with van der Waals surface area (Å²) in [7, 11) is -1.68. The van der Waals surface area contributed by atoms with Crippen LogP contribution < -0.4 is 0 Å². The molecule has 1 spiro atoms. The molecule has 4 heteroatoms. The second-order valence-electron chi connectivity index (χ2n) is 9.02. The van der Waals surface area contributed by atoms with Crippen LogP contribution in [0.3, 0.4) is 0 Å². The maximum absolute atomic E-state index is 6.49. The van der Waals surface area contributed by atoms with Crippen molar-refractivity contribution >= 4 is 8.32 Å². The molecule has 0 aromatic rings. The van der Waals surface area contributed by atoms with Crippen LogP contribution in [0.15, 0.2) is 12.7 Å². The zero-order valence-corrected chi connectivity index (χ0v) is 17.0. The van der Waals surface area contributed by atoms with Crippen molar-refractivity contribution in [3.05, 3.63) is 12.7 Å². The average molecular weight is 341 g/mol. The van der Waals surface area contributed by atoms with Crippen molar-refractivity contribution in [1.82, 2.24) is 0 Å². The van der Waals surface area contributed by atoms with E-state index in [0.29, 0.717) is 31.0 Å². The van der Waals surface area contributed by atoms with Gasteiger partial charge < -0.3 is 13.9 Å². The molecule has 1 saturated heterocycles. The molecule has 2 aliphatic rings. The zero-order valence-electron chi connectivity index (χ0n) is 16.0. The molecule has 0 amide bonds. The molecule has 1 saturated carbocycles. The van der Waals surface area contributed by atoms with Gasteiger partial charge in [0.15, 0.2) is 14.1 Å². The topological polar surface area (TPSA) is 27.7 Å². The molecule has 23 heavy (non-hydrogen) atoms. The van der Waals surface area contributed by atoms with Gasteiger partial charge in [0, 0.05) is 12.3 Å². The van der Waals surface area contributed by atoms with Crippen molar-refractivity contribution in [2.75, 3.05) is 13.2 Å². The highest BCUT2D eigenvalue weighted by Crippen LogP contribution is 2.47. The monoisotopic (exact) mass is 340 g/mol. The van der Waals surface area contributed by atoms with Crippen LogP contribution >= 0.6 is 0 Å². The SMILES string of the molecule is C=CCC1(O[Si](C)(C)C)COC2(C[C@H](C)CC[C@H]2C(C)C)OC1. The molecule has 0 aromatic carbocycles. The lowest BCUT2D eigenvalue weighted by atomic mass is 9.72. The van der Waals surface area contributed by atoms with Gasteiger partial charge in [0.05, 0.1) is 13.2 Å². The van der Waals surface area contributed by atoms with E-state index >= 15 is 0 Å². The van der Waals surface area contributed by atoms with Crippen molar-refractivity contribution in [1.29, 1.82) is 0 Å². The summed E-state index contributed by atoms with van der Waals surface area (Å²) in [6.45, 7) is 18.7. The Morgan fingerprint density at radius 2 is 1.83 bits per heavy atom. The van der Waals surface area contributed by atoms with Gasteiger partial charge in [-0.1, -0.05) is 33.3 Å². The molecular weight excluding hydrogens is 304 g/mol. The summed E-state index contributed by atoms with van der Waals surface area (Å²) in [5.74, 6) is 1.31. The normalized spacial score (nSPS) is 38.9. The third-order valence-electron chi connectivity index (χ3n) is 5.17. The van der Waals surface area contributed by atoms with Crippen LogP contribution in [0.4, 0.5) is 0 Å². The minimum atomic E-state index is -1.68. The van der Waals surface area contributed by atoms with E-state index in [9.17, 15) is 0 Å². The molecule has 0 bridgehead atoms. The van der Waals surface area contributed by atoms with E-state index in [-0.39, 0.29) is 5.60 Å². The van der Waals surface area contributed by atoms with Crippen LogP contribution in [0.5, 0.6) is 0 Å². The van der Waals surface area contributed by atoms with E-state index in [0.717, 1.165) is 12.8 Å². The van der Waals surface area contributed by atoms with Crippen LogP contribution in [0.2, 0.25) is 19.6 Å². The molecule has 2 rings (SSSR count). The van der Waals surface area contributed by atoms with Crippen molar-refractivity contribution in [3.63, 3.8) is 0 Å². The molecule has 1 heterocycles. The van der Waals surface area contributed by atoms with Gasteiger partial charge in [-0.05, 0) is 44.3 Å². The maximum atomic E-state index is 6.49. The highest BCUT2D eigenvalue weighted by molar-refractivity contribution is 6.69. The summed E-state index contributed by atoms with van der Waals surface area (Å²) < 4.78 is 19.5. The highest BCUT2D eigenvalue weighted by Gasteiger charge is 2.53. The lowest BCUT2D eigenvalue weighted by molar-refractivity contribution is -0.352. The van der Waals surface area contributed by atoms with Gasteiger partial charge in [0.1, 0.15) is 5.60 Å². The van der Waals surface area contributed by atoms with Crippen LogP contribution in [0.25, 0.3) is 0 Å². The summed E-state index contributed by atoms with van der Waals surface area (Å²) in [6.07, 6.45) is 6.21. The smallest absolute Gasteiger partial charge is 0.184 e. The first-order chi connectivity index (χ1) is 10.6. The molecule has 134 valence electrons. The standard InChI is InChI=1S/C19H36O3Si/c1-8-11-18(22-23(5,6)7)13-20-19(21-14-18)12-16(4)9-10-17(19)15(2)3/h8,15-17H,1,9-14H2,2-7H3/t16-,17+,18?,19?/m1/s1. The van der Waals surface area contributed by atoms with Gasteiger partial charge in [-0.15, -0.1) is 6.58 Å². The second-order valence-corrected chi connectivity index (χ2v) is 13.4. The van der Waals surface area contributed by atoms with E-state index in [1.54, 1.807) is 0 Å². The molecule has 0 N–H and O–H groups in total. The van der Waals surface area contributed by atoms with E-state index < -0.39 is 14.1 Å². The lowest BCUT2D eigenvalue weighted by Gasteiger charge is -2.54. The van der Waals surface area contributed by atoms with E-state index in [2.05, 4.69) is 47.0 Å². The third-order valence-corrected chi connectivity index (χ3v) is 6.22. The molecule has 2 atom stereocenters.